The van der Waals surface area contributed by atoms with Gasteiger partial charge in [-0.1, -0.05) is 0 Å². The summed E-state index contributed by atoms with van der Waals surface area (Å²) in [5.41, 5.74) is 0. The molecular formula is C8H4N4O5S. The maximum absolute atomic E-state index is 11.2. The van der Waals surface area contributed by atoms with Crippen molar-refractivity contribution in [2.45, 2.75) is 0 Å². The minimum Gasteiger partial charge on any atom is -0.400 e. The van der Waals surface area contributed by atoms with Gasteiger partial charge in [0, 0.05) is 0 Å². The maximum atomic E-state index is 11.2. The Kier molecular flexibility index (Phi) is 2.85. The Morgan fingerprint density at radius 1 is 1.50 bits per heavy atom. The molecule has 1 fully saturated rings. The average Bonchev–Trinajstić information content (AvgIpc) is 2.85. The Balaban J connectivity index is 2.15. The van der Waals surface area contributed by atoms with Crippen molar-refractivity contribution in [2.75, 3.05) is 0 Å². The van der Waals surface area contributed by atoms with Crippen LogP contribution in [0.15, 0.2) is 21.7 Å². The fourth-order valence-corrected chi connectivity index (χ4v) is 1.34. The number of hydrazone groups is 1. The van der Waals surface area contributed by atoms with Crippen LogP contribution in [0, 0.1) is 10.1 Å². The summed E-state index contributed by atoms with van der Waals surface area (Å²) in [4.78, 5) is 31.8. The molecule has 0 radical (unpaired) electrons. The number of nitrogens with zero attached hydrogens (tertiary/aromatic N) is 3. The van der Waals surface area contributed by atoms with Crippen LogP contribution in [0.3, 0.4) is 0 Å². The highest BCUT2D eigenvalue weighted by molar-refractivity contribution is 7.80. The van der Waals surface area contributed by atoms with E-state index in [-0.39, 0.29) is 10.9 Å². The zero-order valence-electron chi connectivity index (χ0n) is 8.52. The third-order valence-corrected chi connectivity index (χ3v) is 2.17. The van der Waals surface area contributed by atoms with Crippen molar-refractivity contribution in [1.82, 2.24) is 10.3 Å². The van der Waals surface area contributed by atoms with E-state index in [9.17, 15) is 19.7 Å². The van der Waals surface area contributed by atoms with Crippen LogP contribution in [0.5, 0.6) is 0 Å². The fourth-order valence-electron chi connectivity index (χ4n) is 1.12. The number of thiocarbonyl (C=S) groups is 1. The summed E-state index contributed by atoms with van der Waals surface area (Å²) in [5, 5.41) is 16.5. The monoisotopic (exact) mass is 268 g/mol. The molecule has 1 aliphatic rings. The Morgan fingerprint density at radius 3 is 2.72 bits per heavy atom. The SMILES string of the molecule is O=C1NC(=S)N(/N=C/c2ccc([N+](=O)[O-])o2)C1=O. The van der Waals surface area contributed by atoms with Crippen LogP contribution >= 0.6 is 12.2 Å². The molecule has 2 rings (SSSR count). The first kappa shape index (κ1) is 11.9. The summed E-state index contributed by atoms with van der Waals surface area (Å²) in [7, 11) is 0. The first-order valence-corrected chi connectivity index (χ1v) is 4.87. The number of hydrogen-bond donors (Lipinski definition) is 1. The van der Waals surface area contributed by atoms with E-state index >= 15 is 0 Å². The van der Waals surface area contributed by atoms with Crippen molar-refractivity contribution in [3.63, 3.8) is 0 Å². The molecule has 9 nitrogen and oxygen atoms in total. The van der Waals surface area contributed by atoms with Gasteiger partial charge >= 0.3 is 17.7 Å². The number of nitro groups is 1. The van der Waals surface area contributed by atoms with Gasteiger partial charge in [0.25, 0.3) is 0 Å². The van der Waals surface area contributed by atoms with E-state index < -0.39 is 22.6 Å². The second kappa shape index (κ2) is 4.33. The molecule has 0 aliphatic carbocycles. The number of rotatable bonds is 3. The van der Waals surface area contributed by atoms with Crippen LogP contribution in [0.4, 0.5) is 5.88 Å². The van der Waals surface area contributed by atoms with E-state index in [2.05, 4.69) is 22.6 Å². The molecule has 1 N–H and O–H groups in total. The quantitative estimate of drug-likeness (QED) is 0.266. The largest absolute Gasteiger partial charge is 0.433 e. The molecule has 10 heteroatoms. The smallest absolute Gasteiger partial charge is 0.400 e. The van der Waals surface area contributed by atoms with Crippen molar-refractivity contribution in [1.29, 1.82) is 0 Å². The molecule has 1 aliphatic heterocycles. The molecular weight excluding hydrogens is 264 g/mol. The zero-order chi connectivity index (χ0) is 13.3. The van der Waals surface area contributed by atoms with Crippen LogP contribution < -0.4 is 5.32 Å². The van der Waals surface area contributed by atoms with Gasteiger partial charge in [0.1, 0.15) is 4.92 Å². The lowest BCUT2D eigenvalue weighted by molar-refractivity contribution is -0.402. The van der Waals surface area contributed by atoms with Crippen molar-refractivity contribution < 1.29 is 18.9 Å². The molecule has 0 bridgehead atoms. The maximum Gasteiger partial charge on any atom is 0.433 e. The first-order valence-electron chi connectivity index (χ1n) is 4.46. The van der Waals surface area contributed by atoms with E-state index in [0.29, 0.717) is 5.01 Å². The van der Waals surface area contributed by atoms with Crippen molar-refractivity contribution in [3.05, 3.63) is 28.0 Å². The standard InChI is InChI=1S/C8H4N4O5S/c13-6-7(14)11(8(18)10-6)9-3-4-1-2-5(17-4)12(15)16/h1-3H,(H,10,13,18)/b9-3+. The van der Waals surface area contributed by atoms with Crippen LogP contribution in [-0.2, 0) is 9.59 Å². The lowest BCUT2D eigenvalue weighted by atomic mass is 10.5. The van der Waals surface area contributed by atoms with E-state index in [0.717, 1.165) is 12.3 Å². The van der Waals surface area contributed by atoms with E-state index in [1.807, 2.05) is 0 Å². The van der Waals surface area contributed by atoms with Gasteiger partial charge in [-0.3, -0.25) is 25.0 Å². The number of carbonyl (C=O) groups excluding carboxylic acids is 2. The number of hydrogen-bond acceptors (Lipinski definition) is 7. The Labute approximate surface area is 104 Å². The summed E-state index contributed by atoms with van der Waals surface area (Å²) in [6.45, 7) is 0. The van der Waals surface area contributed by atoms with Gasteiger partial charge < -0.3 is 4.42 Å². The third kappa shape index (κ3) is 2.08. The zero-order valence-corrected chi connectivity index (χ0v) is 9.34. The summed E-state index contributed by atoms with van der Waals surface area (Å²) in [5.74, 6) is -2.22. The fraction of sp³-hybridized carbons (Fsp3) is 0. The number of carbonyl (C=O) groups is 2. The van der Waals surface area contributed by atoms with E-state index in [4.69, 9.17) is 4.42 Å². The Bertz CT molecular complexity index is 592. The first-order chi connectivity index (χ1) is 8.49. The lowest BCUT2D eigenvalue weighted by Crippen LogP contribution is -2.25. The number of nitrogens with one attached hydrogen (secondary N) is 1. The molecule has 0 spiro atoms. The molecule has 0 atom stereocenters. The van der Waals surface area contributed by atoms with Gasteiger partial charge in [0.15, 0.2) is 5.76 Å². The van der Waals surface area contributed by atoms with Crippen molar-refractivity contribution in [2.24, 2.45) is 5.10 Å². The number of amides is 2. The minimum absolute atomic E-state index is 0.0525. The highest BCUT2D eigenvalue weighted by Crippen LogP contribution is 2.14. The summed E-state index contributed by atoms with van der Waals surface area (Å²) < 4.78 is 4.77. The van der Waals surface area contributed by atoms with Gasteiger partial charge in [-0.2, -0.15) is 10.1 Å². The molecule has 92 valence electrons. The summed E-state index contributed by atoms with van der Waals surface area (Å²) >= 11 is 4.68. The summed E-state index contributed by atoms with van der Waals surface area (Å²) in [6.07, 6.45) is 1.04. The molecule has 18 heavy (non-hydrogen) atoms. The van der Waals surface area contributed by atoms with Crippen LogP contribution in [0.2, 0.25) is 0 Å². The molecule has 2 heterocycles. The molecule has 1 aromatic heterocycles. The molecule has 0 unspecified atom stereocenters. The second-order valence-corrected chi connectivity index (χ2v) is 3.44. The minimum atomic E-state index is -0.933. The summed E-state index contributed by atoms with van der Waals surface area (Å²) in [6, 6.07) is 2.43. The van der Waals surface area contributed by atoms with Gasteiger partial charge in [-0.05, 0) is 18.3 Å². The normalized spacial score (nSPS) is 15.6. The molecule has 2 amide bonds. The molecule has 1 aromatic rings. The second-order valence-electron chi connectivity index (χ2n) is 3.05. The lowest BCUT2D eigenvalue weighted by Gasteiger charge is -2.03. The van der Waals surface area contributed by atoms with Gasteiger partial charge in [0.2, 0.25) is 5.11 Å². The predicted molar refractivity (Wildman–Crippen MR) is 60.5 cm³/mol. The Morgan fingerprint density at radius 2 is 2.22 bits per heavy atom. The van der Waals surface area contributed by atoms with Gasteiger partial charge in [-0.15, -0.1) is 0 Å². The molecule has 0 saturated carbocycles. The van der Waals surface area contributed by atoms with Crippen molar-refractivity contribution >= 4 is 41.2 Å². The van der Waals surface area contributed by atoms with Crippen LogP contribution in [0.1, 0.15) is 5.76 Å². The van der Waals surface area contributed by atoms with Crippen molar-refractivity contribution in [3.8, 4) is 0 Å². The predicted octanol–water partition coefficient (Wildman–Crippen LogP) is -0.235. The van der Waals surface area contributed by atoms with E-state index in [1.54, 1.807) is 0 Å². The molecule has 1 saturated heterocycles. The van der Waals surface area contributed by atoms with E-state index in [1.165, 1.54) is 6.07 Å². The average molecular weight is 268 g/mol. The van der Waals surface area contributed by atoms with Crippen LogP contribution in [0.25, 0.3) is 0 Å². The van der Waals surface area contributed by atoms with Gasteiger partial charge in [-0.25, -0.2) is 0 Å². The van der Waals surface area contributed by atoms with Crippen LogP contribution in [-0.4, -0.2) is 33.1 Å². The number of furan rings is 1. The Hall–Kier alpha value is -2.62. The molecule has 0 aromatic carbocycles. The highest BCUT2D eigenvalue weighted by atomic mass is 32.1. The third-order valence-electron chi connectivity index (χ3n) is 1.89. The van der Waals surface area contributed by atoms with Gasteiger partial charge in [0.05, 0.1) is 12.3 Å². The highest BCUT2D eigenvalue weighted by Gasteiger charge is 2.34. The topological polar surface area (TPSA) is 118 Å².